The van der Waals surface area contributed by atoms with Crippen molar-refractivity contribution in [1.82, 2.24) is 19.7 Å². The first-order valence-corrected chi connectivity index (χ1v) is 9.93. The zero-order chi connectivity index (χ0) is 18.4. The molecule has 2 heterocycles. The normalized spacial score (nSPS) is 10.7. The van der Waals surface area contributed by atoms with E-state index in [4.69, 9.17) is 4.74 Å². The van der Waals surface area contributed by atoms with Crippen LogP contribution < -0.4 is 10.1 Å². The van der Waals surface area contributed by atoms with Crippen molar-refractivity contribution in [3.05, 3.63) is 47.2 Å². The van der Waals surface area contributed by atoms with Gasteiger partial charge in [-0.2, -0.15) is 0 Å². The molecule has 0 aliphatic rings. The molecule has 3 aromatic rings. The van der Waals surface area contributed by atoms with E-state index in [-0.39, 0.29) is 11.7 Å². The molecule has 9 heteroatoms. The number of nitrogens with one attached hydrogen (secondary N) is 1. The van der Waals surface area contributed by atoms with Crippen LogP contribution in [0.5, 0.6) is 5.75 Å². The fraction of sp³-hybridized carbons (Fsp3) is 0.294. The van der Waals surface area contributed by atoms with Crippen molar-refractivity contribution in [3.63, 3.8) is 0 Å². The number of anilines is 1. The van der Waals surface area contributed by atoms with Gasteiger partial charge in [0.2, 0.25) is 5.91 Å². The summed E-state index contributed by atoms with van der Waals surface area (Å²) in [7, 11) is 1.65. The van der Waals surface area contributed by atoms with Gasteiger partial charge in [-0.3, -0.25) is 4.79 Å². The highest BCUT2D eigenvalue weighted by Gasteiger charge is 2.14. The Morgan fingerprint density at radius 2 is 2.12 bits per heavy atom. The summed E-state index contributed by atoms with van der Waals surface area (Å²) in [5.74, 6) is 1.86. The first-order valence-electron chi connectivity index (χ1n) is 8.06. The SMILES string of the molecule is CCn1c(Cc2ccc(OC)cc2)nnc1SCC(=O)Nc1nccs1. The van der Waals surface area contributed by atoms with E-state index in [1.165, 1.54) is 23.1 Å². The van der Waals surface area contributed by atoms with Crippen molar-refractivity contribution in [3.8, 4) is 5.75 Å². The molecule has 3 rings (SSSR count). The molecule has 1 amide bonds. The fourth-order valence-corrected chi connectivity index (χ4v) is 3.74. The van der Waals surface area contributed by atoms with Crippen molar-refractivity contribution < 1.29 is 9.53 Å². The van der Waals surface area contributed by atoms with Crippen LogP contribution in [0, 0.1) is 0 Å². The Morgan fingerprint density at radius 1 is 1.31 bits per heavy atom. The quantitative estimate of drug-likeness (QED) is 0.596. The summed E-state index contributed by atoms with van der Waals surface area (Å²) in [6.45, 7) is 2.79. The number of thioether (sulfide) groups is 1. The van der Waals surface area contributed by atoms with E-state index in [0.717, 1.165) is 28.8 Å². The summed E-state index contributed by atoms with van der Waals surface area (Å²) in [6, 6.07) is 7.89. The molecule has 1 aromatic carbocycles. The van der Waals surface area contributed by atoms with Crippen molar-refractivity contribution in [2.45, 2.75) is 25.0 Å². The second kappa shape index (κ2) is 8.81. The Labute approximate surface area is 159 Å². The van der Waals surface area contributed by atoms with Crippen molar-refractivity contribution in [1.29, 1.82) is 0 Å². The van der Waals surface area contributed by atoms with E-state index in [1.807, 2.05) is 41.1 Å². The second-order valence-electron chi connectivity index (χ2n) is 5.34. The first kappa shape index (κ1) is 18.4. The third kappa shape index (κ3) is 4.61. The predicted octanol–water partition coefficient (Wildman–Crippen LogP) is 3.08. The summed E-state index contributed by atoms with van der Waals surface area (Å²) in [5.41, 5.74) is 1.13. The maximum Gasteiger partial charge on any atom is 0.236 e. The number of hydrogen-bond acceptors (Lipinski definition) is 7. The minimum Gasteiger partial charge on any atom is -0.497 e. The van der Waals surface area contributed by atoms with E-state index < -0.39 is 0 Å². The number of rotatable bonds is 8. The average Bonchev–Trinajstić information content (AvgIpc) is 3.30. The fourth-order valence-electron chi connectivity index (χ4n) is 2.37. The molecule has 0 atom stereocenters. The molecule has 0 aliphatic heterocycles. The van der Waals surface area contributed by atoms with Gasteiger partial charge in [-0.05, 0) is 24.6 Å². The minimum absolute atomic E-state index is 0.104. The third-order valence-corrected chi connectivity index (χ3v) is 5.30. The molecule has 0 saturated carbocycles. The van der Waals surface area contributed by atoms with Crippen LogP contribution in [0.15, 0.2) is 41.0 Å². The standard InChI is InChI=1S/C17H19N5O2S2/c1-3-22-14(10-12-4-6-13(24-2)7-5-12)20-21-17(22)26-11-15(23)19-16-18-8-9-25-16/h4-9H,3,10-11H2,1-2H3,(H,18,19,23). The first-order chi connectivity index (χ1) is 12.7. The molecule has 0 aliphatic carbocycles. The number of methoxy groups -OCH3 is 1. The van der Waals surface area contributed by atoms with E-state index >= 15 is 0 Å². The number of nitrogens with zero attached hydrogens (tertiary/aromatic N) is 4. The maximum atomic E-state index is 12.0. The molecule has 0 radical (unpaired) electrons. The molecule has 0 unspecified atom stereocenters. The molecular weight excluding hydrogens is 370 g/mol. The van der Waals surface area contributed by atoms with E-state index in [9.17, 15) is 4.79 Å². The highest BCUT2D eigenvalue weighted by atomic mass is 32.2. The Kier molecular flexibility index (Phi) is 6.24. The van der Waals surface area contributed by atoms with Gasteiger partial charge in [0, 0.05) is 24.5 Å². The van der Waals surface area contributed by atoms with Gasteiger partial charge >= 0.3 is 0 Å². The predicted molar refractivity (Wildman–Crippen MR) is 103 cm³/mol. The van der Waals surface area contributed by atoms with Gasteiger partial charge in [0.1, 0.15) is 11.6 Å². The largest absolute Gasteiger partial charge is 0.497 e. The lowest BCUT2D eigenvalue weighted by molar-refractivity contribution is -0.113. The molecule has 0 saturated heterocycles. The summed E-state index contributed by atoms with van der Waals surface area (Å²) in [5, 5.41) is 14.5. The number of carbonyl (C=O) groups is 1. The Bertz CT molecular complexity index is 847. The molecule has 1 N–H and O–H groups in total. The van der Waals surface area contributed by atoms with Crippen LogP contribution in [0.4, 0.5) is 5.13 Å². The number of aromatic nitrogens is 4. The number of thiazole rings is 1. The van der Waals surface area contributed by atoms with Gasteiger partial charge in [0.05, 0.1) is 12.9 Å². The van der Waals surface area contributed by atoms with E-state index in [1.54, 1.807) is 13.3 Å². The van der Waals surface area contributed by atoms with Crippen LogP contribution in [0.25, 0.3) is 0 Å². The van der Waals surface area contributed by atoms with Crippen molar-refractivity contribution >= 4 is 34.1 Å². The van der Waals surface area contributed by atoms with E-state index in [2.05, 4.69) is 20.5 Å². The third-order valence-electron chi connectivity index (χ3n) is 3.64. The number of amides is 1. The molecule has 0 fully saturated rings. The van der Waals surface area contributed by atoms with Gasteiger partial charge < -0.3 is 14.6 Å². The van der Waals surface area contributed by atoms with Crippen molar-refractivity contribution in [2.75, 3.05) is 18.2 Å². The molecule has 7 nitrogen and oxygen atoms in total. The number of ether oxygens (including phenoxy) is 1. The summed E-state index contributed by atoms with van der Waals surface area (Å²) in [4.78, 5) is 16.1. The molecular formula is C17H19N5O2S2. The average molecular weight is 390 g/mol. The van der Waals surface area contributed by atoms with E-state index in [0.29, 0.717) is 11.6 Å². The van der Waals surface area contributed by atoms with Crippen LogP contribution in [0.3, 0.4) is 0 Å². The molecule has 0 spiro atoms. The van der Waals surface area contributed by atoms with Crippen LogP contribution in [-0.2, 0) is 17.8 Å². The lowest BCUT2D eigenvalue weighted by atomic mass is 10.1. The highest BCUT2D eigenvalue weighted by Crippen LogP contribution is 2.20. The van der Waals surface area contributed by atoms with Crippen LogP contribution in [-0.4, -0.2) is 38.5 Å². The minimum atomic E-state index is -0.104. The van der Waals surface area contributed by atoms with Crippen LogP contribution >= 0.6 is 23.1 Å². The van der Waals surface area contributed by atoms with Gasteiger partial charge in [-0.1, -0.05) is 23.9 Å². The van der Waals surface area contributed by atoms with Crippen LogP contribution in [0.2, 0.25) is 0 Å². The molecule has 2 aromatic heterocycles. The molecule has 0 bridgehead atoms. The Hall–Kier alpha value is -2.39. The van der Waals surface area contributed by atoms with Crippen molar-refractivity contribution in [2.24, 2.45) is 0 Å². The Morgan fingerprint density at radius 3 is 2.77 bits per heavy atom. The van der Waals surface area contributed by atoms with Gasteiger partial charge in [-0.25, -0.2) is 4.98 Å². The summed E-state index contributed by atoms with van der Waals surface area (Å²) in [6.07, 6.45) is 2.34. The monoisotopic (exact) mass is 389 g/mol. The summed E-state index contributed by atoms with van der Waals surface area (Å²) >= 11 is 2.77. The number of hydrogen-bond donors (Lipinski definition) is 1. The smallest absolute Gasteiger partial charge is 0.236 e. The highest BCUT2D eigenvalue weighted by molar-refractivity contribution is 7.99. The van der Waals surface area contributed by atoms with Gasteiger partial charge in [0.25, 0.3) is 0 Å². The van der Waals surface area contributed by atoms with Gasteiger partial charge in [-0.15, -0.1) is 21.5 Å². The lowest BCUT2D eigenvalue weighted by Gasteiger charge is -2.08. The van der Waals surface area contributed by atoms with Gasteiger partial charge in [0.15, 0.2) is 10.3 Å². The molecule has 26 heavy (non-hydrogen) atoms. The van der Waals surface area contributed by atoms with Crippen LogP contribution in [0.1, 0.15) is 18.3 Å². The zero-order valence-electron chi connectivity index (χ0n) is 14.5. The zero-order valence-corrected chi connectivity index (χ0v) is 16.1. The maximum absolute atomic E-state index is 12.0. The topological polar surface area (TPSA) is 81.9 Å². The summed E-state index contributed by atoms with van der Waals surface area (Å²) < 4.78 is 7.22. The second-order valence-corrected chi connectivity index (χ2v) is 7.18. The molecule has 136 valence electrons. The Balaban J connectivity index is 1.62. The number of carbonyl (C=O) groups excluding carboxylic acids is 1. The number of benzene rings is 1. The lowest BCUT2D eigenvalue weighted by Crippen LogP contribution is -2.14.